The first-order chi connectivity index (χ1) is 8.08. The molecular weight excluding hydrogens is 213 g/mol. The van der Waals surface area contributed by atoms with Gasteiger partial charge in [-0.05, 0) is 43.2 Å². The fraction of sp³-hybridized carbons (Fsp3) is 0.600. The zero-order chi connectivity index (χ0) is 12.4. The minimum atomic E-state index is -0.143. The van der Waals surface area contributed by atoms with Crippen molar-refractivity contribution in [3.05, 3.63) is 35.1 Å². The van der Waals surface area contributed by atoms with Crippen LogP contribution in [0.4, 0.5) is 4.39 Å². The second-order valence-corrected chi connectivity index (χ2v) is 5.58. The predicted molar refractivity (Wildman–Crippen MR) is 69.2 cm³/mol. The summed E-state index contributed by atoms with van der Waals surface area (Å²) in [6.07, 6.45) is 4.79. The highest BCUT2D eigenvalue weighted by Crippen LogP contribution is 2.36. The minimum absolute atomic E-state index is 0.140. The molecule has 1 saturated carbocycles. The Labute approximate surface area is 103 Å². The molecule has 0 aromatic heterocycles. The normalized spacial score (nSPS) is 26.8. The molecule has 2 heteroatoms. The molecule has 1 aliphatic carbocycles. The van der Waals surface area contributed by atoms with Crippen LogP contribution in [-0.4, -0.2) is 0 Å². The fourth-order valence-electron chi connectivity index (χ4n) is 2.96. The fourth-order valence-corrected chi connectivity index (χ4v) is 2.96. The van der Waals surface area contributed by atoms with Gasteiger partial charge in [0.1, 0.15) is 5.82 Å². The van der Waals surface area contributed by atoms with E-state index >= 15 is 0 Å². The van der Waals surface area contributed by atoms with E-state index in [9.17, 15) is 4.39 Å². The van der Waals surface area contributed by atoms with Gasteiger partial charge in [-0.3, -0.25) is 0 Å². The lowest BCUT2D eigenvalue weighted by atomic mass is 9.77. The second-order valence-electron chi connectivity index (χ2n) is 5.58. The molecule has 1 nitrogen and oxygen atoms in total. The lowest BCUT2D eigenvalue weighted by molar-refractivity contribution is 0.245. The maximum atomic E-state index is 13.9. The Bertz CT molecular complexity index is 389. The highest BCUT2D eigenvalue weighted by Gasteiger charge is 2.26. The Kier molecular flexibility index (Phi) is 3.82. The number of hydrogen-bond donors (Lipinski definition) is 1. The lowest BCUT2D eigenvalue weighted by Crippen LogP contribution is -2.27. The first-order valence-electron chi connectivity index (χ1n) is 6.59. The molecule has 0 spiro atoms. The van der Waals surface area contributed by atoms with Crippen LogP contribution >= 0.6 is 0 Å². The molecule has 2 rings (SSSR count). The summed E-state index contributed by atoms with van der Waals surface area (Å²) in [5, 5.41) is 0. The van der Waals surface area contributed by atoms with E-state index in [4.69, 9.17) is 5.73 Å². The van der Waals surface area contributed by atoms with Gasteiger partial charge in [0.2, 0.25) is 0 Å². The average Bonchev–Trinajstić information content (AvgIpc) is 2.28. The lowest BCUT2D eigenvalue weighted by Gasteiger charge is -2.31. The van der Waals surface area contributed by atoms with E-state index in [1.165, 1.54) is 12.8 Å². The van der Waals surface area contributed by atoms with Crippen molar-refractivity contribution >= 4 is 0 Å². The quantitative estimate of drug-likeness (QED) is 0.825. The van der Waals surface area contributed by atoms with Crippen molar-refractivity contribution in [1.29, 1.82) is 0 Å². The van der Waals surface area contributed by atoms with E-state index in [1.807, 2.05) is 19.1 Å². The number of aryl methyl sites for hydroxylation is 1. The Morgan fingerprint density at radius 3 is 2.76 bits per heavy atom. The summed E-state index contributed by atoms with van der Waals surface area (Å²) in [5.74, 6) is 1.03. The second kappa shape index (κ2) is 5.18. The summed E-state index contributed by atoms with van der Waals surface area (Å²) in [6, 6.07) is 5.25. The summed E-state index contributed by atoms with van der Waals surface area (Å²) >= 11 is 0. The number of benzene rings is 1. The first kappa shape index (κ1) is 12.6. The van der Waals surface area contributed by atoms with Crippen LogP contribution in [0.1, 0.15) is 49.8 Å². The summed E-state index contributed by atoms with van der Waals surface area (Å²) in [7, 11) is 0. The molecule has 0 saturated heterocycles. The van der Waals surface area contributed by atoms with Gasteiger partial charge in [-0.1, -0.05) is 31.9 Å². The molecule has 0 bridgehead atoms. The number of halogens is 1. The number of hydrogen-bond acceptors (Lipinski definition) is 1. The van der Waals surface area contributed by atoms with E-state index in [2.05, 4.69) is 6.92 Å². The third kappa shape index (κ3) is 2.86. The maximum Gasteiger partial charge on any atom is 0.128 e. The van der Waals surface area contributed by atoms with Crippen molar-refractivity contribution in [3.63, 3.8) is 0 Å². The monoisotopic (exact) mass is 235 g/mol. The molecule has 3 atom stereocenters. The Morgan fingerprint density at radius 1 is 1.35 bits per heavy atom. The minimum Gasteiger partial charge on any atom is -0.324 e. The van der Waals surface area contributed by atoms with E-state index in [0.717, 1.165) is 24.3 Å². The van der Waals surface area contributed by atoms with Crippen LogP contribution in [0.15, 0.2) is 18.2 Å². The average molecular weight is 235 g/mol. The molecule has 17 heavy (non-hydrogen) atoms. The SMILES string of the molecule is Cc1ccc(C(N)C2CCCC(C)C2)c(F)c1. The van der Waals surface area contributed by atoms with Crippen molar-refractivity contribution in [2.45, 2.75) is 45.6 Å². The summed E-state index contributed by atoms with van der Waals surface area (Å²) < 4.78 is 13.9. The van der Waals surface area contributed by atoms with Crippen molar-refractivity contribution in [1.82, 2.24) is 0 Å². The highest BCUT2D eigenvalue weighted by atomic mass is 19.1. The molecule has 0 amide bonds. The molecule has 0 heterocycles. The van der Waals surface area contributed by atoms with Crippen molar-refractivity contribution in [3.8, 4) is 0 Å². The van der Waals surface area contributed by atoms with Crippen LogP contribution in [-0.2, 0) is 0 Å². The van der Waals surface area contributed by atoms with E-state index < -0.39 is 0 Å². The van der Waals surface area contributed by atoms with E-state index in [0.29, 0.717) is 11.5 Å². The van der Waals surface area contributed by atoms with Crippen LogP contribution in [0.2, 0.25) is 0 Å². The van der Waals surface area contributed by atoms with E-state index in [1.54, 1.807) is 6.07 Å². The third-order valence-electron chi connectivity index (χ3n) is 4.00. The van der Waals surface area contributed by atoms with Gasteiger partial charge >= 0.3 is 0 Å². The van der Waals surface area contributed by atoms with Gasteiger partial charge in [0, 0.05) is 11.6 Å². The van der Waals surface area contributed by atoms with Crippen molar-refractivity contribution < 1.29 is 4.39 Å². The van der Waals surface area contributed by atoms with E-state index in [-0.39, 0.29) is 11.9 Å². The molecule has 3 unspecified atom stereocenters. The van der Waals surface area contributed by atoms with Crippen LogP contribution in [0.25, 0.3) is 0 Å². The first-order valence-corrected chi connectivity index (χ1v) is 6.59. The van der Waals surface area contributed by atoms with Crippen LogP contribution in [0.5, 0.6) is 0 Å². The van der Waals surface area contributed by atoms with Gasteiger partial charge < -0.3 is 5.73 Å². The molecule has 1 aromatic carbocycles. The Morgan fingerprint density at radius 2 is 2.12 bits per heavy atom. The van der Waals surface area contributed by atoms with Crippen molar-refractivity contribution in [2.75, 3.05) is 0 Å². The predicted octanol–water partition coefficient (Wildman–Crippen LogP) is 3.96. The standard InChI is InChI=1S/C15H22FN/c1-10-4-3-5-12(8-10)15(17)13-7-6-11(2)9-14(13)16/h6-7,9-10,12,15H,3-5,8,17H2,1-2H3. The molecule has 1 fully saturated rings. The number of nitrogens with two attached hydrogens (primary N) is 1. The highest BCUT2D eigenvalue weighted by molar-refractivity contribution is 5.26. The molecule has 1 aliphatic rings. The summed E-state index contributed by atoms with van der Waals surface area (Å²) in [4.78, 5) is 0. The molecule has 2 N–H and O–H groups in total. The van der Waals surface area contributed by atoms with Crippen LogP contribution in [0, 0.1) is 24.6 Å². The summed E-state index contributed by atoms with van der Waals surface area (Å²) in [5.41, 5.74) is 7.89. The third-order valence-corrected chi connectivity index (χ3v) is 4.00. The largest absolute Gasteiger partial charge is 0.324 e. The van der Waals surface area contributed by atoms with Gasteiger partial charge in [-0.15, -0.1) is 0 Å². The molecule has 0 aliphatic heterocycles. The Balaban J connectivity index is 2.15. The van der Waals surface area contributed by atoms with Crippen LogP contribution < -0.4 is 5.73 Å². The van der Waals surface area contributed by atoms with Gasteiger partial charge in [-0.25, -0.2) is 4.39 Å². The van der Waals surface area contributed by atoms with Gasteiger partial charge in [0.15, 0.2) is 0 Å². The van der Waals surface area contributed by atoms with Gasteiger partial charge in [0.05, 0.1) is 0 Å². The molecule has 1 aromatic rings. The summed E-state index contributed by atoms with van der Waals surface area (Å²) in [6.45, 7) is 4.17. The zero-order valence-electron chi connectivity index (χ0n) is 10.7. The van der Waals surface area contributed by atoms with Gasteiger partial charge in [0.25, 0.3) is 0 Å². The zero-order valence-corrected chi connectivity index (χ0v) is 10.7. The number of rotatable bonds is 2. The topological polar surface area (TPSA) is 26.0 Å². The van der Waals surface area contributed by atoms with Gasteiger partial charge in [-0.2, -0.15) is 0 Å². The maximum absolute atomic E-state index is 13.9. The molecule has 0 radical (unpaired) electrons. The Hall–Kier alpha value is -0.890. The van der Waals surface area contributed by atoms with Crippen LogP contribution in [0.3, 0.4) is 0 Å². The molecular formula is C15H22FN. The van der Waals surface area contributed by atoms with Crippen molar-refractivity contribution in [2.24, 2.45) is 17.6 Å². The molecule has 94 valence electrons. The smallest absolute Gasteiger partial charge is 0.128 e.